The van der Waals surface area contributed by atoms with Crippen molar-refractivity contribution in [2.45, 2.75) is 62.8 Å². The van der Waals surface area contributed by atoms with Crippen LogP contribution in [0.25, 0.3) is 11.2 Å². The molecular weight excluding hydrogens is 370 g/mol. The van der Waals surface area contributed by atoms with Crippen molar-refractivity contribution in [1.82, 2.24) is 19.5 Å². The van der Waals surface area contributed by atoms with Crippen molar-refractivity contribution in [1.29, 1.82) is 0 Å². The standard InChI is InChI=1S/C17H27N5O4S/c1-3-5-6-18-14-11-15(21-17(20-14)27-7-4-2)22(9-19-11)16-13(25)12(24)10(8-23)26-16/h9-10,12-13,16,23-25H,3-8H2,1-2H3,(H,18,20,21)/t10-,12-,13-,16-/m1/s1. The Morgan fingerprint density at radius 2 is 2.04 bits per heavy atom. The normalized spacial score (nSPS) is 25.4. The maximum absolute atomic E-state index is 10.3. The third kappa shape index (κ3) is 4.19. The molecule has 3 heterocycles. The third-order valence-corrected chi connectivity index (χ3v) is 5.50. The van der Waals surface area contributed by atoms with E-state index in [0.29, 0.717) is 22.1 Å². The minimum atomic E-state index is -1.18. The number of fused-ring (bicyclic) bond motifs is 1. The Kier molecular flexibility index (Phi) is 6.88. The molecule has 0 radical (unpaired) electrons. The summed E-state index contributed by atoms with van der Waals surface area (Å²) in [5.74, 6) is 1.54. The molecule has 1 saturated heterocycles. The number of ether oxygens (including phenoxy) is 1. The van der Waals surface area contributed by atoms with E-state index in [1.807, 2.05) is 0 Å². The van der Waals surface area contributed by atoms with Gasteiger partial charge in [-0.15, -0.1) is 0 Å². The molecule has 9 nitrogen and oxygen atoms in total. The lowest BCUT2D eigenvalue weighted by atomic mass is 10.1. The maximum Gasteiger partial charge on any atom is 0.191 e. The molecule has 0 aromatic carbocycles. The average Bonchev–Trinajstić information content (AvgIpc) is 3.21. The van der Waals surface area contributed by atoms with Crippen LogP contribution < -0.4 is 5.32 Å². The van der Waals surface area contributed by atoms with E-state index in [-0.39, 0.29) is 6.61 Å². The number of rotatable bonds is 9. The summed E-state index contributed by atoms with van der Waals surface area (Å²) in [5, 5.41) is 33.7. The molecule has 0 saturated carbocycles. The number of thioether (sulfide) groups is 1. The fourth-order valence-corrected chi connectivity index (χ4v) is 3.65. The van der Waals surface area contributed by atoms with E-state index >= 15 is 0 Å². The van der Waals surface area contributed by atoms with Gasteiger partial charge in [0.25, 0.3) is 0 Å². The molecule has 27 heavy (non-hydrogen) atoms. The van der Waals surface area contributed by atoms with Gasteiger partial charge < -0.3 is 25.4 Å². The van der Waals surface area contributed by atoms with Crippen molar-refractivity contribution >= 4 is 28.7 Å². The smallest absolute Gasteiger partial charge is 0.191 e. The van der Waals surface area contributed by atoms with Crippen LogP contribution in [0.3, 0.4) is 0 Å². The van der Waals surface area contributed by atoms with Crippen LogP contribution in [0.2, 0.25) is 0 Å². The summed E-state index contributed by atoms with van der Waals surface area (Å²) in [7, 11) is 0. The molecule has 3 rings (SSSR count). The van der Waals surface area contributed by atoms with Gasteiger partial charge in [-0.2, -0.15) is 0 Å². The highest BCUT2D eigenvalue weighted by atomic mass is 32.2. The average molecular weight is 398 g/mol. The number of hydrogen-bond acceptors (Lipinski definition) is 9. The van der Waals surface area contributed by atoms with Crippen molar-refractivity contribution < 1.29 is 20.1 Å². The SMILES string of the molecule is CCCCNc1nc(SCCC)nc2c1ncn2[C@@H]1O[C@H](CO)[C@@H](O)[C@H]1O. The summed E-state index contributed by atoms with van der Waals surface area (Å²) in [6.45, 7) is 4.62. The Labute approximate surface area is 162 Å². The number of aromatic nitrogens is 4. The molecule has 10 heteroatoms. The molecule has 4 atom stereocenters. The number of nitrogens with zero attached hydrogens (tertiary/aromatic N) is 4. The first-order valence-corrected chi connectivity index (χ1v) is 10.3. The molecule has 1 fully saturated rings. The van der Waals surface area contributed by atoms with E-state index in [1.54, 1.807) is 16.3 Å². The summed E-state index contributed by atoms with van der Waals surface area (Å²) in [4.78, 5) is 13.6. The van der Waals surface area contributed by atoms with Crippen LogP contribution in [0.15, 0.2) is 11.5 Å². The second-order valence-electron chi connectivity index (χ2n) is 6.54. The number of aliphatic hydroxyl groups is 3. The van der Waals surface area contributed by atoms with Crippen molar-refractivity contribution in [2.75, 3.05) is 24.2 Å². The molecule has 0 unspecified atom stereocenters. The Bertz CT molecular complexity index is 758. The molecule has 0 aliphatic carbocycles. The summed E-state index contributed by atoms with van der Waals surface area (Å²) in [5.41, 5.74) is 1.11. The van der Waals surface area contributed by atoms with Crippen molar-refractivity contribution in [2.24, 2.45) is 0 Å². The highest BCUT2D eigenvalue weighted by Crippen LogP contribution is 2.33. The summed E-state index contributed by atoms with van der Waals surface area (Å²) < 4.78 is 7.23. The third-order valence-electron chi connectivity index (χ3n) is 4.45. The fraction of sp³-hybridized carbons (Fsp3) is 0.706. The van der Waals surface area contributed by atoms with Crippen LogP contribution in [0.5, 0.6) is 0 Å². The van der Waals surface area contributed by atoms with E-state index in [2.05, 4.69) is 34.1 Å². The Morgan fingerprint density at radius 1 is 1.22 bits per heavy atom. The Balaban J connectivity index is 1.98. The molecule has 1 aliphatic heterocycles. The van der Waals surface area contributed by atoms with E-state index < -0.39 is 24.5 Å². The number of nitrogens with one attached hydrogen (secondary N) is 1. The first-order chi connectivity index (χ1) is 13.1. The molecule has 0 amide bonds. The van der Waals surface area contributed by atoms with Gasteiger partial charge in [-0.1, -0.05) is 32.0 Å². The number of imidazole rings is 1. The second kappa shape index (κ2) is 9.16. The Hall–Kier alpha value is -1.46. The predicted molar refractivity (Wildman–Crippen MR) is 103 cm³/mol. The van der Waals surface area contributed by atoms with Gasteiger partial charge in [0.2, 0.25) is 0 Å². The molecule has 150 valence electrons. The van der Waals surface area contributed by atoms with Gasteiger partial charge in [0, 0.05) is 12.3 Å². The molecule has 0 bridgehead atoms. The van der Waals surface area contributed by atoms with Gasteiger partial charge in [-0.25, -0.2) is 15.0 Å². The summed E-state index contributed by atoms with van der Waals surface area (Å²) in [6.07, 6.45) is 0.532. The monoisotopic (exact) mass is 397 g/mol. The first kappa shape index (κ1) is 20.3. The van der Waals surface area contributed by atoms with Crippen molar-refractivity contribution in [3.8, 4) is 0 Å². The predicted octanol–water partition coefficient (Wildman–Crippen LogP) is 1.15. The quantitative estimate of drug-likeness (QED) is 0.280. The zero-order valence-electron chi connectivity index (χ0n) is 15.6. The first-order valence-electron chi connectivity index (χ1n) is 9.34. The van der Waals surface area contributed by atoms with E-state index in [4.69, 9.17) is 4.74 Å². The number of aliphatic hydroxyl groups excluding tert-OH is 3. The van der Waals surface area contributed by atoms with Crippen molar-refractivity contribution in [3.05, 3.63) is 6.33 Å². The van der Waals surface area contributed by atoms with Gasteiger partial charge in [0.15, 0.2) is 28.4 Å². The largest absolute Gasteiger partial charge is 0.394 e. The number of anilines is 1. The summed E-state index contributed by atoms with van der Waals surface area (Å²) in [6, 6.07) is 0. The topological polar surface area (TPSA) is 126 Å². The number of hydrogen-bond donors (Lipinski definition) is 4. The summed E-state index contributed by atoms with van der Waals surface area (Å²) >= 11 is 1.55. The zero-order valence-corrected chi connectivity index (χ0v) is 16.4. The lowest BCUT2D eigenvalue weighted by Crippen LogP contribution is -2.33. The number of unbranched alkanes of at least 4 members (excludes halogenated alkanes) is 1. The van der Waals surface area contributed by atoms with Gasteiger partial charge in [-0.05, 0) is 12.8 Å². The van der Waals surface area contributed by atoms with Gasteiger partial charge in [-0.3, -0.25) is 4.57 Å². The van der Waals surface area contributed by atoms with Gasteiger partial charge >= 0.3 is 0 Å². The van der Waals surface area contributed by atoms with Crippen LogP contribution in [0.1, 0.15) is 39.3 Å². The molecule has 1 aliphatic rings. The highest BCUT2D eigenvalue weighted by Gasteiger charge is 2.44. The van der Waals surface area contributed by atoms with E-state index in [9.17, 15) is 15.3 Å². The molecule has 2 aromatic heterocycles. The van der Waals surface area contributed by atoms with Crippen LogP contribution in [-0.2, 0) is 4.74 Å². The van der Waals surface area contributed by atoms with E-state index in [0.717, 1.165) is 31.6 Å². The van der Waals surface area contributed by atoms with E-state index in [1.165, 1.54) is 6.33 Å². The molecule has 0 spiro atoms. The second-order valence-corrected chi connectivity index (χ2v) is 7.60. The zero-order chi connectivity index (χ0) is 19.4. The lowest BCUT2D eigenvalue weighted by molar-refractivity contribution is -0.0511. The molecular formula is C17H27N5O4S. The van der Waals surface area contributed by atoms with Crippen molar-refractivity contribution in [3.63, 3.8) is 0 Å². The van der Waals surface area contributed by atoms with Crippen LogP contribution in [0, 0.1) is 0 Å². The van der Waals surface area contributed by atoms with Gasteiger partial charge in [0.1, 0.15) is 18.3 Å². The highest BCUT2D eigenvalue weighted by molar-refractivity contribution is 7.99. The van der Waals surface area contributed by atoms with Crippen LogP contribution in [0.4, 0.5) is 5.82 Å². The maximum atomic E-state index is 10.3. The minimum absolute atomic E-state index is 0.377. The fourth-order valence-electron chi connectivity index (χ4n) is 2.96. The molecule has 4 N–H and O–H groups in total. The van der Waals surface area contributed by atoms with Crippen LogP contribution >= 0.6 is 11.8 Å². The van der Waals surface area contributed by atoms with Crippen LogP contribution in [-0.4, -0.2) is 72.1 Å². The molecule has 2 aromatic rings. The van der Waals surface area contributed by atoms with Gasteiger partial charge in [0.05, 0.1) is 12.9 Å². The Morgan fingerprint density at radius 3 is 2.70 bits per heavy atom. The lowest BCUT2D eigenvalue weighted by Gasteiger charge is -2.17. The minimum Gasteiger partial charge on any atom is -0.394 e.